The fraction of sp³-hybridized carbons (Fsp3) is 0.250. The van der Waals surface area contributed by atoms with Gasteiger partial charge >= 0.3 is 6.18 Å². The van der Waals surface area contributed by atoms with Crippen molar-refractivity contribution in [3.05, 3.63) is 35.7 Å². The lowest BCUT2D eigenvalue weighted by Gasteiger charge is -2.09. The van der Waals surface area contributed by atoms with Crippen LogP contribution in [0.2, 0.25) is 0 Å². The van der Waals surface area contributed by atoms with Crippen molar-refractivity contribution >= 4 is 23.4 Å². The highest BCUT2D eigenvalue weighted by atomic mass is 32.2. The lowest BCUT2D eigenvalue weighted by Crippen LogP contribution is -2.15. The summed E-state index contributed by atoms with van der Waals surface area (Å²) in [6.07, 6.45) is -4.44. The molecule has 0 aliphatic heterocycles. The molecule has 0 spiro atoms. The molecule has 21 heavy (non-hydrogen) atoms. The molecule has 1 aromatic carbocycles. The third kappa shape index (κ3) is 4.48. The van der Waals surface area contributed by atoms with Gasteiger partial charge in [-0.15, -0.1) is 5.10 Å². The maximum Gasteiger partial charge on any atom is 0.416 e. The molecule has 0 saturated heterocycles. The summed E-state index contributed by atoms with van der Waals surface area (Å²) in [5.74, 6) is 0.200. The second-order valence-electron chi connectivity index (χ2n) is 4.12. The highest BCUT2D eigenvalue weighted by Gasteiger charge is 2.30. The number of halogens is 3. The molecule has 1 aromatic heterocycles. The fourth-order valence-corrected chi connectivity index (χ4v) is 2.13. The fourth-order valence-electron chi connectivity index (χ4n) is 1.49. The number of carbonyl (C=O) groups is 1. The van der Waals surface area contributed by atoms with E-state index in [9.17, 15) is 18.0 Å². The monoisotopic (exact) mass is 316 g/mol. The quantitative estimate of drug-likeness (QED) is 0.851. The third-order valence-corrected chi connectivity index (χ3v) is 3.23. The number of aromatic nitrogens is 3. The molecular weight excluding hydrogens is 305 g/mol. The van der Waals surface area contributed by atoms with Crippen molar-refractivity contribution in [3.8, 4) is 0 Å². The van der Waals surface area contributed by atoms with Crippen molar-refractivity contribution in [2.75, 3.05) is 11.1 Å². The first-order valence-corrected chi connectivity index (χ1v) is 6.82. The second-order valence-corrected chi connectivity index (χ2v) is 5.06. The molecule has 0 unspecified atom stereocenters. The van der Waals surface area contributed by atoms with Gasteiger partial charge in [-0.2, -0.15) is 13.2 Å². The Labute approximate surface area is 122 Å². The molecule has 1 amide bonds. The number of rotatable bonds is 4. The molecule has 0 radical (unpaired) electrons. The maximum atomic E-state index is 12.5. The number of hydrogen-bond donors (Lipinski definition) is 2. The summed E-state index contributed by atoms with van der Waals surface area (Å²) in [6.45, 7) is 1.72. The molecule has 2 N–H and O–H groups in total. The normalized spacial score (nSPS) is 11.4. The highest BCUT2D eigenvalue weighted by Crippen LogP contribution is 2.30. The van der Waals surface area contributed by atoms with Gasteiger partial charge in [0.15, 0.2) is 0 Å². The summed E-state index contributed by atoms with van der Waals surface area (Å²) in [6, 6.07) is 4.47. The number of benzene rings is 1. The van der Waals surface area contributed by atoms with Crippen LogP contribution in [0, 0.1) is 6.92 Å². The van der Waals surface area contributed by atoms with E-state index >= 15 is 0 Å². The number of carbonyl (C=O) groups excluding carboxylic acids is 1. The molecule has 0 saturated carbocycles. The van der Waals surface area contributed by atoms with Crippen LogP contribution in [0.4, 0.5) is 18.9 Å². The van der Waals surface area contributed by atoms with Crippen LogP contribution in [0.1, 0.15) is 11.4 Å². The predicted octanol–water partition coefficient (Wildman–Crippen LogP) is 2.86. The zero-order valence-corrected chi connectivity index (χ0v) is 11.7. The first-order chi connectivity index (χ1) is 9.84. The number of nitrogens with zero attached hydrogens (tertiary/aromatic N) is 2. The molecule has 2 rings (SSSR count). The summed E-state index contributed by atoms with van der Waals surface area (Å²) in [4.78, 5) is 15.7. The average molecular weight is 316 g/mol. The van der Waals surface area contributed by atoms with Gasteiger partial charge in [0.25, 0.3) is 0 Å². The van der Waals surface area contributed by atoms with E-state index in [4.69, 9.17) is 0 Å². The standard InChI is InChI=1S/C12H11F3N4OS/c1-7-16-11(19-18-7)21-6-10(20)17-9-4-2-3-8(5-9)12(13,14)15/h2-5H,6H2,1H3,(H,17,20)(H,16,18,19). The van der Waals surface area contributed by atoms with E-state index < -0.39 is 17.6 Å². The molecule has 2 aromatic rings. The highest BCUT2D eigenvalue weighted by molar-refractivity contribution is 7.99. The average Bonchev–Trinajstić information content (AvgIpc) is 2.82. The Hall–Kier alpha value is -2.03. The van der Waals surface area contributed by atoms with E-state index in [1.807, 2.05) is 0 Å². The summed E-state index contributed by atoms with van der Waals surface area (Å²) >= 11 is 1.09. The molecule has 1 heterocycles. The van der Waals surface area contributed by atoms with Gasteiger partial charge in [-0.05, 0) is 25.1 Å². The Bertz CT molecular complexity index is 641. The van der Waals surface area contributed by atoms with E-state index in [1.54, 1.807) is 6.92 Å². The molecule has 112 valence electrons. The number of H-pyrrole nitrogens is 1. The largest absolute Gasteiger partial charge is 0.416 e. The topological polar surface area (TPSA) is 70.7 Å². The first-order valence-electron chi connectivity index (χ1n) is 5.83. The molecule has 0 aliphatic rings. The minimum absolute atomic E-state index is 0.00748. The molecule has 5 nitrogen and oxygen atoms in total. The van der Waals surface area contributed by atoms with E-state index in [1.165, 1.54) is 12.1 Å². The number of anilines is 1. The van der Waals surface area contributed by atoms with Crippen molar-refractivity contribution in [1.29, 1.82) is 0 Å². The van der Waals surface area contributed by atoms with Gasteiger partial charge in [0.1, 0.15) is 5.82 Å². The number of nitrogens with one attached hydrogen (secondary N) is 2. The SMILES string of the molecule is Cc1nc(SCC(=O)Nc2cccc(C(F)(F)F)c2)n[nH]1. The molecule has 0 atom stereocenters. The molecular formula is C12H11F3N4OS. The van der Waals surface area contributed by atoms with Gasteiger partial charge < -0.3 is 5.32 Å². The number of thioether (sulfide) groups is 1. The Morgan fingerprint density at radius 1 is 1.43 bits per heavy atom. The van der Waals surface area contributed by atoms with Gasteiger partial charge in [-0.25, -0.2) is 4.98 Å². The van der Waals surface area contributed by atoms with Crippen molar-refractivity contribution in [3.63, 3.8) is 0 Å². The summed E-state index contributed by atoms with van der Waals surface area (Å²) in [7, 11) is 0. The minimum atomic E-state index is -4.44. The number of aryl methyl sites for hydroxylation is 1. The van der Waals surface area contributed by atoms with E-state index in [0.717, 1.165) is 23.9 Å². The Balaban J connectivity index is 1.93. The number of hydrogen-bond acceptors (Lipinski definition) is 4. The van der Waals surface area contributed by atoms with Crippen LogP contribution in [0.25, 0.3) is 0 Å². The van der Waals surface area contributed by atoms with Crippen molar-refractivity contribution in [2.24, 2.45) is 0 Å². The van der Waals surface area contributed by atoms with Crippen LogP contribution >= 0.6 is 11.8 Å². The Kier molecular flexibility index (Phi) is 4.51. The molecule has 0 fully saturated rings. The van der Waals surface area contributed by atoms with Crippen LogP contribution in [-0.4, -0.2) is 26.8 Å². The molecule has 0 aliphatic carbocycles. The zero-order valence-electron chi connectivity index (χ0n) is 10.9. The van der Waals surface area contributed by atoms with Crippen molar-refractivity contribution in [2.45, 2.75) is 18.3 Å². The Morgan fingerprint density at radius 3 is 2.81 bits per heavy atom. The lowest BCUT2D eigenvalue weighted by atomic mass is 10.2. The second kappa shape index (κ2) is 6.17. The summed E-state index contributed by atoms with van der Waals surface area (Å²) in [5, 5.41) is 9.28. The van der Waals surface area contributed by atoms with Gasteiger partial charge in [-0.1, -0.05) is 17.8 Å². The van der Waals surface area contributed by atoms with Crippen LogP contribution in [0.15, 0.2) is 29.4 Å². The molecule has 9 heteroatoms. The predicted molar refractivity (Wildman–Crippen MR) is 71.9 cm³/mol. The van der Waals surface area contributed by atoms with Crippen LogP contribution in [0.3, 0.4) is 0 Å². The number of alkyl halides is 3. The van der Waals surface area contributed by atoms with Gasteiger partial charge in [-0.3, -0.25) is 9.89 Å². The minimum Gasteiger partial charge on any atom is -0.325 e. The summed E-state index contributed by atoms with van der Waals surface area (Å²) < 4.78 is 37.6. The number of aromatic amines is 1. The Morgan fingerprint density at radius 2 is 2.19 bits per heavy atom. The van der Waals surface area contributed by atoms with Crippen molar-refractivity contribution < 1.29 is 18.0 Å². The summed E-state index contributed by atoms with van der Waals surface area (Å²) in [5.41, 5.74) is -0.709. The van der Waals surface area contributed by atoms with Crippen LogP contribution in [0.5, 0.6) is 0 Å². The van der Waals surface area contributed by atoms with Gasteiger partial charge in [0.05, 0.1) is 11.3 Å². The maximum absolute atomic E-state index is 12.5. The van der Waals surface area contributed by atoms with Crippen LogP contribution in [-0.2, 0) is 11.0 Å². The molecule has 0 bridgehead atoms. The van der Waals surface area contributed by atoms with E-state index in [-0.39, 0.29) is 11.4 Å². The smallest absolute Gasteiger partial charge is 0.325 e. The first kappa shape index (κ1) is 15.4. The number of amides is 1. The lowest BCUT2D eigenvalue weighted by molar-refractivity contribution is -0.137. The van der Waals surface area contributed by atoms with Gasteiger partial charge in [0, 0.05) is 5.69 Å². The van der Waals surface area contributed by atoms with E-state index in [0.29, 0.717) is 11.0 Å². The third-order valence-electron chi connectivity index (χ3n) is 2.38. The zero-order chi connectivity index (χ0) is 15.5. The van der Waals surface area contributed by atoms with E-state index in [2.05, 4.69) is 20.5 Å². The van der Waals surface area contributed by atoms with Gasteiger partial charge in [0.2, 0.25) is 11.1 Å². The van der Waals surface area contributed by atoms with Crippen molar-refractivity contribution in [1.82, 2.24) is 15.2 Å². The van der Waals surface area contributed by atoms with Crippen LogP contribution < -0.4 is 5.32 Å².